The van der Waals surface area contributed by atoms with E-state index in [4.69, 9.17) is 14.2 Å². The molecule has 0 saturated heterocycles. The van der Waals surface area contributed by atoms with Gasteiger partial charge >= 0.3 is 17.9 Å². The Balaban J connectivity index is 4.08. The first-order valence-electron chi connectivity index (χ1n) is 33.8. The van der Waals surface area contributed by atoms with Crippen LogP contribution in [0.1, 0.15) is 355 Å². The van der Waals surface area contributed by atoms with Gasteiger partial charge in [0.05, 0.1) is 0 Å². The first-order valence-corrected chi connectivity index (χ1v) is 33.8. The molecule has 0 aliphatic rings. The average molecular weight is 1080 g/mol. The number of carbonyl (C=O) groups is 3. The molecule has 0 heterocycles. The lowest BCUT2D eigenvalue weighted by Gasteiger charge is -2.18. The summed E-state index contributed by atoms with van der Waals surface area (Å²) >= 11 is 0. The maximum absolute atomic E-state index is 12.8. The quantitative estimate of drug-likeness (QED) is 0.0261. The molecule has 0 aliphatic heterocycles. The molecule has 0 bridgehead atoms. The fourth-order valence-corrected chi connectivity index (χ4v) is 9.92. The Hall–Kier alpha value is -2.89. The minimum atomic E-state index is -0.791. The van der Waals surface area contributed by atoms with Crippen LogP contribution in [0.5, 0.6) is 0 Å². The van der Waals surface area contributed by atoms with Gasteiger partial charge in [0.1, 0.15) is 13.2 Å². The molecule has 0 radical (unpaired) electrons. The van der Waals surface area contributed by atoms with Crippen LogP contribution < -0.4 is 0 Å². The van der Waals surface area contributed by atoms with Gasteiger partial charge in [0.2, 0.25) is 0 Å². The number of hydrogen-bond donors (Lipinski definition) is 0. The van der Waals surface area contributed by atoms with Crippen molar-refractivity contribution in [3.8, 4) is 0 Å². The fraction of sp³-hybridized carbons (Fsp3) is 0.817. The van der Waals surface area contributed by atoms with Crippen LogP contribution in [0.15, 0.2) is 60.8 Å². The van der Waals surface area contributed by atoms with Crippen LogP contribution in [-0.2, 0) is 28.6 Å². The third-order valence-electron chi connectivity index (χ3n) is 15.0. The van der Waals surface area contributed by atoms with E-state index in [-0.39, 0.29) is 31.1 Å². The highest BCUT2D eigenvalue weighted by atomic mass is 16.6. The molecule has 0 N–H and O–H groups in total. The number of esters is 3. The van der Waals surface area contributed by atoms with Crippen molar-refractivity contribution >= 4 is 17.9 Å². The maximum Gasteiger partial charge on any atom is 0.306 e. The lowest BCUT2D eigenvalue weighted by atomic mass is 10.0. The van der Waals surface area contributed by atoms with Gasteiger partial charge in [0.15, 0.2) is 6.10 Å². The van der Waals surface area contributed by atoms with E-state index in [9.17, 15) is 14.4 Å². The van der Waals surface area contributed by atoms with Gasteiger partial charge in [-0.05, 0) is 103 Å². The molecule has 6 heteroatoms. The largest absolute Gasteiger partial charge is 0.462 e. The predicted molar refractivity (Wildman–Crippen MR) is 335 cm³/mol. The Kier molecular flexibility index (Phi) is 63.2. The predicted octanol–water partition coefficient (Wildman–Crippen LogP) is 23.1. The summed E-state index contributed by atoms with van der Waals surface area (Å²) in [6, 6.07) is 0. The lowest BCUT2D eigenvalue weighted by molar-refractivity contribution is -0.167. The monoisotopic (exact) mass is 1080 g/mol. The zero-order valence-corrected chi connectivity index (χ0v) is 51.5. The van der Waals surface area contributed by atoms with Crippen LogP contribution in [-0.4, -0.2) is 37.2 Å². The zero-order chi connectivity index (χ0) is 55.7. The minimum Gasteiger partial charge on any atom is -0.462 e. The van der Waals surface area contributed by atoms with Gasteiger partial charge in [-0.1, -0.05) is 293 Å². The van der Waals surface area contributed by atoms with Crippen LogP contribution >= 0.6 is 0 Å². The Bertz CT molecular complexity index is 1380. The van der Waals surface area contributed by atoms with E-state index in [1.54, 1.807) is 0 Å². The SMILES string of the molecule is CC/C=C\C/C=C\C/C=C\CCCCCC(=O)OC(COC(=O)CCCCCCC/C=C\CCCCCC)COC(=O)CCCCCCCCCCCCCCCCCCCCCCC/C=C\CCCCCCCCCC. The molecule has 448 valence electrons. The summed E-state index contributed by atoms with van der Waals surface area (Å²) in [6.45, 7) is 6.52. The standard InChI is InChI=1S/C71H128O6/c1-4-7-10-13-16-19-22-25-26-27-28-29-30-31-32-33-34-35-36-37-38-39-40-41-42-43-44-47-49-52-55-58-61-64-70(73)76-67-68(77-71(74)65-62-59-56-53-50-46-24-21-18-15-12-9-6-3)66-75-69(72)63-60-57-54-51-48-45-23-20-17-14-11-8-5-2/h9,12,18,20-21,23,27-28,46,50,68H,4-8,10-11,13-17,19,22,24-26,29-45,47-49,51-67H2,1-3H3/b12-9-,21-18-,23-20-,28-27-,50-46-. The van der Waals surface area contributed by atoms with Crippen molar-refractivity contribution in [1.29, 1.82) is 0 Å². The number of rotatable bonds is 62. The van der Waals surface area contributed by atoms with Crippen molar-refractivity contribution in [2.45, 2.75) is 361 Å². The summed E-state index contributed by atoms with van der Waals surface area (Å²) in [7, 11) is 0. The first-order chi connectivity index (χ1) is 38.0. The number of ether oxygens (including phenoxy) is 3. The van der Waals surface area contributed by atoms with Crippen molar-refractivity contribution in [3.05, 3.63) is 60.8 Å². The molecule has 0 fully saturated rings. The molecule has 0 rings (SSSR count). The van der Waals surface area contributed by atoms with E-state index in [1.807, 2.05) is 0 Å². The Morgan fingerprint density at radius 2 is 0.506 bits per heavy atom. The smallest absolute Gasteiger partial charge is 0.306 e. The second-order valence-electron chi connectivity index (χ2n) is 22.7. The van der Waals surface area contributed by atoms with E-state index in [2.05, 4.69) is 81.5 Å². The summed E-state index contributed by atoms with van der Waals surface area (Å²) in [6.07, 6.45) is 84.2. The van der Waals surface area contributed by atoms with Gasteiger partial charge < -0.3 is 14.2 Å². The molecule has 1 unspecified atom stereocenters. The summed E-state index contributed by atoms with van der Waals surface area (Å²) in [5.74, 6) is -0.909. The summed E-state index contributed by atoms with van der Waals surface area (Å²) in [5, 5.41) is 0. The lowest BCUT2D eigenvalue weighted by Crippen LogP contribution is -2.30. The number of allylic oxidation sites excluding steroid dienone is 10. The van der Waals surface area contributed by atoms with E-state index in [1.165, 1.54) is 225 Å². The second-order valence-corrected chi connectivity index (χ2v) is 22.7. The molecule has 0 amide bonds. The van der Waals surface area contributed by atoms with Crippen molar-refractivity contribution in [2.75, 3.05) is 13.2 Å². The molecule has 77 heavy (non-hydrogen) atoms. The van der Waals surface area contributed by atoms with Crippen molar-refractivity contribution in [1.82, 2.24) is 0 Å². The van der Waals surface area contributed by atoms with Gasteiger partial charge in [0, 0.05) is 19.3 Å². The zero-order valence-electron chi connectivity index (χ0n) is 51.5. The molecular formula is C71H128O6. The molecule has 0 aliphatic carbocycles. The van der Waals surface area contributed by atoms with Gasteiger partial charge in [-0.2, -0.15) is 0 Å². The molecule has 1 atom stereocenters. The summed E-state index contributed by atoms with van der Waals surface area (Å²) in [4.78, 5) is 38.2. The number of hydrogen-bond acceptors (Lipinski definition) is 6. The molecular weight excluding hydrogens is 949 g/mol. The normalized spacial score (nSPS) is 12.4. The number of carbonyl (C=O) groups excluding carboxylic acids is 3. The highest BCUT2D eigenvalue weighted by Gasteiger charge is 2.19. The van der Waals surface area contributed by atoms with Crippen LogP contribution in [0, 0.1) is 0 Å². The molecule has 0 aromatic heterocycles. The third-order valence-corrected chi connectivity index (χ3v) is 15.0. The summed E-state index contributed by atoms with van der Waals surface area (Å²) in [5.41, 5.74) is 0. The topological polar surface area (TPSA) is 78.9 Å². The Morgan fingerprint density at radius 3 is 0.831 bits per heavy atom. The van der Waals surface area contributed by atoms with E-state index < -0.39 is 6.10 Å². The van der Waals surface area contributed by atoms with Crippen molar-refractivity contribution < 1.29 is 28.6 Å². The van der Waals surface area contributed by atoms with E-state index >= 15 is 0 Å². The second kappa shape index (κ2) is 65.6. The third kappa shape index (κ3) is 63.8. The highest BCUT2D eigenvalue weighted by molar-refractivity contribution is 5.71. The van der Waals surface area contributed by atoms with Crippen LogP contribution in [0.2, 0.25) is 0 Å². The van der Waals surface area contributed by atoms with E-state index in [0.717, 1.165) is 89.9 Å². The van der Waals surface area contributed by atoms with Gasteiger partial charge in [0.25, 0.3) is 0 Å². The van der Waals surface area contributed by atoms with Gasteiger partial charge in [-0.15, -0.1) is 0 Å². The Morgan fingerprint density at radius 1 is 0.273 bits per heavy atom. The van der Waals surface area contributed by atoms with Gasteiger partial charge in [-0.25, -0.2) is 0 Å². The fourth-order valence-electron chi connectivity index (χ4n) is 9.92. The van der Waals surface area contributed by atoms with Crippen LogP contribution in [0.3, 0.4) is 0 Å². The van der Waals surface area contributed by atoms with Gasteiger partial charge in [-0.3, -0.25) is 14.4 Å². The summed E-state index contributed by atoms with van der Waals surface area (Å²) < 4.78 is 16.9. The molecule has 0 saturated carbocycles. The maximum atomic E-state index is 12.8. The van der Waals surface area contributed by atoms with E-state index in [0.29, 0.717) is 19.3 Å². The Labute approximate surface area is 479 Å². The first kappa shape index (κ1) is 74.1. The van der Waals surface area contributed by atoms with Crippen LogP contribution in [0.4, 0.5) is 0 Å². The van der Waals surface area contributed by atoms with Crippen molar-refractivity contribution in [3.63, 3.8) is 0 Å². The van der Waals surface area contributed by atoms with Crippen molar-refractivity contribution in [2.24, 2.45) is 0 Å². The molecule has 0 aromatic rings. The average Bonchev–Trinajstić information content (AvgIpc) is 3.43. The molecule has 0 aromatic carbocycles. The molecule has 0 spiro atoms. The number of unbranched alkanes of at least 4 members (excludes halogenated alkanes) is 41. The highest BCUT2D eigenvalue weighted by Crippen LogP contribution is 2.18. The molecule has 6 nitrogen and oxygen atoms in total. The minimum absolute atomic E-state index is 0.0858. The van der Waals surface area contributed by atoms with Crippen LogP contribution in [0.25, 0.3) is 0 Å².